The van der Waals surface area contributed by atoms with Crippen molar-refractivity contribution in [3.8, 4) is 6.07 Å². The highest BCUT2D eigenvalue weighted by Gasteiger charge is 2.17. The molecule has 0 unspecified atom stereocenters. The summed E-state index contributed by atoms with van der Waals surface area (Å²) in [4.78, 5) is 12.4. The van der Waals surface area contributed by atoms with Crippen molar-refractivity contribution in [2.24, 2.45) is 0 Å². The summed E-state index contributed by atoms with van der Waals surface area (Å²) in [6.07, 6.45) is -3.07. The van der Waals surface area contributed by atoms with E-state index in [0.717, 1.165) is 0 Å². The van der Waals surface area contributed by atoms with Crippen molar-refractivity contribution in [1.29, 1.82) is 5.26 Å². The Labute approximate surface area is 70.4 Å². The van der Waals surface area contributed by atoms with Gasteiger partial charge in [0.1, 0.15) is 17.3 Å². The summed E-state index contributed by atoms with van der Waals surface area (Å²) in [7, 11) is 0. The van der Waals surface area contributed by atoms with Crippen LogP contribution in [0.25, 0.3) is 0 Å². The van der Waals surface area contributed by atoms with Crippen LogP contribution in [0.4, 0.5) is 13.2 Å². The second-order valence-electron chi connectivity index (χ2n) is 2.18. The molecule has 0 saturated heterocycles. The zero-order valence-electron chi connectivity index (χ0n) is 6.14. The van der Waals surface area contributed by atoms with Gasteiger partial charge in [-0.05, 0) is 0 Å². The molecule has 0 bridgehead atoms. The number of H-pyrrole nitrogens is 1. The molecule has 0 saturated carbocycles. The maximum absolute atomic E-state index is 12.4. The Kier molecular flexibility index (Phi) is 2.37. The van der Waals surface area contributed by atoms with Crippen molar-refractivity contribution in [3.63, 3.8) is 0 Å². The predicted molar refractivity (Wildman–Crippen MR) is 36.7 cm³/mol. The molecule has 0 fully saturated rings. The minimum absolute atomic E-state index is 0.449. The van der Waals surface area contributed by atoms with E-state index in [-0.39, 0.29) is 0 Å². The second-order valence-corrected chi connectivity index (χ2v) is 2.18. The number of hydrogen-bond acceptors (Lipinski definition) is 2. The molecule has 0 spiro atoms. The minimum atomic E-state index is -3.07. The van der Waals surface area contributed by atoms with E-state index in [1.54, 1.807) is 4.98 Å². The summed E-state index contributed by atoms with van der Waals surface area (Å²) < 4.78 is 36.6. The van der Waals surface area contributed by atoms with Crippen LogP contribution in [-0.4, -0.2) is 4.98 Å². The van der Waals surface area contributed by atoms with Gasteiger partial charge in [0.15, 0.2) is 5.95 Å². The van der Waals surface area contributed by atoms with Crippen molar-refractivity contribution in [2.45, 2.75) is 6.43 Å². The number of pyridine rings is 1. The van der Waals surface area contributed by atoms with Crippen LogP contribution >= 0.6 is 0 Å². The Bertz CT molecular complexity index is 419. The highest BCUT2D eigenvalue weighted by Crippen LogP contribution is 2.17. The zero-order valence-corrected chi connectivity index (χ0v) is 6.14. The van der Waals surface area contributed by atoms with Crippen LogP contribution in [-0.2, 0) is 0 Å². The first-order valence-electron chi connectivity index (χ1n) is 3.17. The monoisotopic (exact) mass is 188 g/mol. The Balaban J connectivity index is 3.50. The number of rotatable bonds is 1. The maximum atomic E-state index is 12.4. The molecular weight excluding hydrogens is 185 g/mol. The zero-order chi connectivity index (χ0) is 10.0. The standard InChI is InChI=1S/C7H3F3N2O/c8-5-1-4(13)3(2-11)6(12-5)7(9)10/h1,7H,(H,12,13). The lowest BCUT2D eigenvalue weighted by Crippen LogP contribution is -2.12. The summed E-state index contributed by atoms with van der Waals surface area (Å²) >= 11 is 0. The Hall–Kier alpha value is -1.77. The molecule has 0 aliphatic rings. The third kappa shape index (κ3) is 1.69. The van der Waals surface area contributed by atoms with Gasteiger partial charge in [0.2, 0.25) is 5.43 Å². The van der Waals surface area contributed by atoms with Crippen LogP contribution in [0.3, 0.4) is 0 Å². The van der Waals surface area contributed by atoms with Gasteiger partial charge < -0.3 is 4.98 Å². The average Bonchev–Trinajstić information content (AvgIpc) is 2.02. The fourth-order valence-corrected chi connectivity index (χ4v) is 0.826. The van der Waals surface area contributed by atoms with Gasteiger partial charge in [0.25, 0.3) is 6.43 Å². The number of alkyl halides is 2. The van der Waals surface area contributed by atoms with Crippen molar-refractivity contribution in [3.05, 3.63) is 33.5 Å². The molecule has 0 aromatic carbocycles. The number of aromatic amines is 1. The molecule has 0 atom stereocenters. The van der Waals surface area contributed by atoms with Gasteiger partial charge in [-0.1, -0.05) is 0 Å². The molecule has 6 heteroatoms. The van der Waals surface area contributed by atoms with Gasteiger partial charge in [0, 0.05) is 6.07 Å². The van der Waals surface area contributed by atoms with E-state index in [9.17, 15) is 18.0 Å². The van der Waals surface area contributed by atoms with Crippen LogP contribution in [0.1, 0.15) is 17.7 Å². The highest BCUT2D eigenvalue weighted by molar-refractivity contribution is 5.33. The fraction of sp³-hybridized carbons (Fsp3) is 0.143. The van der Waals surface area contributed by atoms with E-state index in [2.05, 4.69) is 0 Å². The molecule has 0 amide bonds. The summed E-state index contributed by atoms with van der Waals surface area (Å²) in [5, 5.41) is 8.31. The summed E-state index contributed by atoms with van der Waals surface area (Å²) in [6, 6.07) is 1.73. The molecule has 1 heterocycles. The summed E-state index contributed by atoms with van der Waals surface area (Å²) in [5.41, 5.74) is -2.78. The molecule has 0 radical (unpaired) electrons. The van der Waals surface area contributed by atoms with Gasteiger partial charge >= 0.3 is 0 Å². The number of aromatic nitrogens is 1. The van der Waals surface area contributed by atoms with E-state index < -0.39 is 29.1 Å². The van der Waals surface area contributed by atoms with Gasteiger partial charge in [-0.25, -0.2) is 8.78 Å². The first kappa shape index (κ1) is 9.32. The SMILES string of the molecule is N#Cc1c(C(F)F)[nH]c(F)cc1=O. The molecule has 1 aromatic rings. The fourth-order valence-electron chi connectivity index (χ4n) is 0.826. The van der Waals surface area contributed by atoms with Crippen molar-refractivity contribution < 1.29 is 13.2 Å². The molecular formula is C7H3F3N2O. The maximum Gasteiger partial charge on any atom is 0.279 e. The number of halogens is 3. The van der Waals surface area contributed by atoms with E-state index >= 15 is 0 Å². The average molecular weight is 188 g/mol. The topological polar surface area (TPSA) is 56.6 Å². The van der Waals surface area contributed by atoms with E-state index in [4.69, 9.17) is 5.26 Å². The van der Waals surface area contributed by atoms with Crippen LogP contribution in [0.2, 0.25) is 0 Å². The molecule has 3 nitrogen and oxygen atoms in total. The summed E-state index contributed by atoms with van der Waals surface area (Å²) in [6.45, 7) is 0. The quantitative estimate of drug-likeness (QED) is 0.675. The molecule has 1 aromatic heterocycles. The molecule has 1 rings (SSSR count). The molecule has 0 aliphatic carbocycles. The van der Waals surface area contributed by atoms with Crippen LogP contribution in [0.5, 0.6) is 0 Å². The van der Waals surface area contributed by atoms with E-state index in [0.29, 0.717) is 6.07 Å². The summed E-state index contributed by atoms with van der Waals surface area (Å²) in [5.74, 6) is -1.18. The van der Waals surface area contributed by atoms with Gasteiger partial charge in [-0.3, -0.25) is 4.79 Å². The molecule has 0 aliphatic heterocycles. The third-order valence-corrected chi connectivity index (χ3v) is 1.36. The van der Waals surface area contributed by atoms with Gasteiger partial charge in [-0.15, -0.1) is 0 Å². The number of nitrogens with zero attached hydrogens (tertiary/aromatic N) is 1. The van der Waals surface area contributed by atoms with E-state index in [1.165, 1.54) is 6.07 Å². The lowest BCUT2D eigenvalue weighted by molar-refractivity contribution is 0.144. The highest BCUT2D eigenvalue weighted by atomic mass is 19.3. The van der Waals surface area contributed by atoms with Gasteiger partial charge in [-0.2, -0.15) is 9.65 Å². The van der Waals surface area contributed by atoms with Crippen LogP contribution < -0.4 is 5.43 Å². The van der Waals surface area contributed by atoms with Crippen molar-refractivity contribution >= 4 is 0 Å². The lowest BCUT2D eigenvalue weighted by Gasteiger charge is -2.01. The van der Waals surface area contributed by atoms with Gasteiger partial charge in [0.05, 0.1) is 0 Å². The van der Waals surface area contributed by atoms with E-state index in [1.807, 2.05) is 0 Å². The number of hydrogen-bond donors (Lipinski definition) is 1. The van der Waals surface area contributed by atoms with Crippen LogP contribution in [0.15, 0.2) is 10.9 Å². The normalized spacial score (nSPS) is 10.1. The first-order valence-corrected chi connectivity index (χ1v) is 3.17. The van der Waals surface area contributed by atoms with Crippen molar-refractivity contribution in [2.75, 3.05) is 0 Å². The predicted octanol–water partition coefficient (Wildman–Crippen LogP) is 1.32. The first-order chi connectivity index (χ1) is 6.06. The lowest BCUT2D eigenvalue weighted by atomic mass is 10.2. The smallest absolute Gasteiger partial charge is 0.279 e. The van der Waals surface area contributed by atoms with Crippen molar-refractivity contribution in [1.82, 2.24) is 4.98 Å². The number of nitrogens with one attached hydrogen (secondary N) is 1. The number of nitriles is 1. The molecule has 1 N–H and O–H groups in total. The Morgan fingerprint density at radius 3 is 2.62 bits per heavy atom. The minimum Gasteiger partial charge on any atom is -0.329 e. The second kappa shape index (κ2) is 3.31. The molecule has 13 heavy (non-hydrogen) atoms. The Morgan fingerprint density at radius 2 is 2.15 bits per heavy atom. The third-order valence-electron chi connectivity index (χ3n) is 1.36. The Morgan fingerprint density at radius 1 is 1.54 bits per heavy atom. The molecule has 68 valence electrons. The largest absolute Gasteiger partial charge is 0.329 e. The van der Waals surface area contributed by atoms with Crippen LogP contribution in [0, 0.1) is 17.3 Å².